The van der Waals surface area contributed by atoms with Crippen molar-refractivity contribution < 1.29 is 4.79 Å². The molecule has 1 heterocycles. The lowest BCUT2D eigenvalue weighted by Gasteiger charge is -2.33. The molecule has 1 amide bonds. The summed E-state index contributed by atoms with van der Waals surface area (Å²) in [6, 6.07) is 10.5. The highest BCUT2D eigenvalue weighted by Gasteiger charge is 2.23. The monoisotopic (exact) mass is 247 g/mol. The highest BCUT2D eigenvalue weighted by molar-refractivity contribution is 5.79. The predicted molar refractivity (Wildman–Crippen MR) is 72.2 cm³/mol. The number of amides is 1. The van der Waals surface area contributed by atoms with E-state index in [1.165, 1.54) is 5.56 Å². The van der Waals surface area contributed by atoms with Gasteiger partial charge in [0.25, 0.3) is 0 Å². The molecular weight excluding hydrogens is 226 g/mol. The van der Waals surface area contributed by atoms with Crippen LogP contribution in [0.1, 0.15) is 12.0 Å². The molecule has 98 valence electrons. The molecule has 0 radical (unpaired) electrons. The molecule has 1 aromatic rings. The van der Waals surface area contributed by atoms with Crippen molar-refractivity contribution in [2.75, 3.05) is 26.2 Å². The lowest BCUT2D eigenvalue weighted by molar-refractivity contribution is -0.125. The Labute approximate surface area is 108 Å². The van der Waals surface area contributed by atoms with Gasteiger partial charge in [0.1, 0.15) is 0 Å². The van der Waals surface area contributed by atoms with E-state index in [1.807, 2.05) is 18.2 Å². The molecule has 2 rings (SSSR count). The van der Waals surface area contributed by atoms with Gasteiger partial charge in [-0.15, -0.1) is 0 Å². The van der Waals surface area contributed by atoms with E-state index >= 15 is 0 Å². The number of nitrogens with zero attached hydrogens (tertiary/aromatic N) is 1. The molecule has 0 saturated carbocycles. The first-order valence-corrected chi connectivity index (χ1v) is 6.53. The van der Waals surface area contributed by atoms with Crippen LogP contribution in [0.3, 0.4) is 0 Å². The van der Waals surface area contributed by atoms with Crippen LogP contribution in [0, 0.1) is 0 Å². The number of benzene rings is 1. The Kier molecular flexibility index (Phi) is 4.73. The van der Waals surface area contributed by atoms with E-state index in [0.29, 0.717) is 13.1 Å². The second-order valence-corrected chi connectivity index (χ2v) is 4.83. The number of carbonyl (C=O) groups excluding carboxylic acids is 1. The van der Waals surface area contributed by atoms with Crippen molar-refractivity contribution in [1.29, 1.82) is 0 Å². The zero-order chi connectivity index (χ0) is 12.8. The Morgan fingerprint density at radius 2 is 2.11 bits per heavy atom. The van der Waals surface area contributed by atoms with Gasteiger partial charge in [-0.2, -0.15) is 0 Å². The quantitative estimate of drug-likeness (QED) is 0.791. The molecule has 1 saturated heterocycles. The topological polar surface area (TPSA) is 58.4 Å². The number of hydrogen-bond acceptors (Lipinski definition) is 3. The molecule has 18 heavy (non-hydrogen) atoms. The normalized spacial score (nSPS) is 20.7. The van der Waals surface area contributed by atoms with E-state index in [2.05, 4.69) is 22.3 Å². The number of hydrogen-bond donors (Lipinski definition) is 2. The lowest BCUT2D eigenvalue weighted by Crippen LogP contribution is -2.55. The molecule has 1 atom stereocenters. The Morgan fingerprint density at radius 1 is 1.33 bits per heavy atom. The summed E-state index contributed by atoms with van der Waals surface area (Å²) in [7, 11) is 0. The van der Waals surface area contributed by atoms with Gasteiger partial charge in [0.05, 0.1) is 6.54 Å². The van der Waals surface area contributed by atoms with Gasteiger partial charge in [0, 0.05) is 12.6 Å². The molecule has 0 spiro atoms. The number of nitrogens with two attached hydrogens (primary N) is 1. The Morgan fingerprint density at radius 3 is 2.83 bits per heavy atom. The summed E-state index contributed by atoms with van der Waals surface area (Å²) < 4.78 is 0. The van der Waals surface area contributed by atoms with E-state index < -0.39 is 0 Å². The smallest absolute Gasteiger partial charge is 0.234 e. The van der Waals surface area contributed by atoms with Crippen molar-refractivity contribution in [1.82, 2.24) is 10.2 Å². The number of carbonyl (C=O) groups is 1. The fraction of sp³-hybridized carbons (Fsp3) is 0.500. The zero-order valence-electron chi connectivity index (χ0n) is 10.6. The van der Waals surface area contributed by atoms with Crippen molar-refractivity contribution in [2.24, 2.45) is 5.73 Å². The van der Waals surface area contributed by atoms with Crippen LogP contribution in [0.2, 0.25) is 0 Å². The molecule has 1 fully saturated rings. The molecule has 1 aliphatic rings. The van der Waals surface area contributed by atoms with Crippen LogP contribution in [0.5, 0.6) is 0 Å². The molecule has 1 unspecified atom stereocenters. The first kappa shape index (κ1) is 13.1. The van der Waals surface area contributed by atoms with Gasteiger partial charge in [-0.3, -0.25) is 9.69 Å². The van der Waals surface area contributed by atoms with Gasteiger partial charge < -0.3 is 11.1 Å². The second kappa shape index (κ2) is 6.52. The maximum absolute atomic E-state index is 11.7. The van der Waals surface area contributed by atoms with E-state index in [0.717, 1.165) is 25.9 Å². The third-order valence-electron chi connectivity index (χ3n) is 3.21. The van der Waals surface area contributed by atoms with Crippen LogP contribution in [0.25, 0.3) is 0 Å². The SMILES string of the molecule is NCCCN1CC(=O)NC(Cc2ccccc2)C1. The summed E-state index contributed by atoms with van der Waals surface area (Å²) in [5.74, 6) is 0.124. The Hall–Kier alpha value is -1.39. The number of nitrogens with one attached hydrogen (secondary N) is 1. The second-order valence-electron chi connectivity index (χ2n) is 4.83. The highest BCUT2D eigenvalue weighted by atomic mass is 16.2. The van der Waals surface area contributed by atoms with E-state index in [4.69, 9.17) is 5.73 Å². The molecule has 0 aromatic heterocycles. The van der Waals surface area contributed by atoms with Gasteiger partial charge in [-0.05, 0) is 31.5 Å². The predicted octanol–water partition coefficient (Wildman–Crippen LogP) is 0.378. The minimum absolute atomic E-state index is 0.124. The fourth-order valence-corrected chi connectivity index (χ4v) is 2.40. The van der Waals surface area contributed by atoms with Crippen LogP contribution >= 0.6 is 0 Å². The summed E-state index contributed by atoms with van der Waals surface area (Å²) in [4.78, 5) is 13.8. The van der Waals surface area contributed by atoms with Gasteiger partial charge in [0.2, 0.25) is 5.91 Å². The van der Waals surface area contributed by atoms with Crippen molar-refractivity contribution in [3.05, 3.63) is 35.9 Å². The molecule has 1 aliphatic heterocycles. The van der Waals surface area contributed by atoms with E-state index in [1.54, 1.807) is 0 Å². The maximum Gasteiger partial charge on any atom is 0.234 e. The Bertz CT molecular complexity index is 380. The van der Waals surface area contributed by atoms with Crippen molar-refractivity contribution in [3.8, 4) is 0 Å². The summed E-state index contributed by atoms with van der Waals surface area (Å²) in [5, 5.41) is 3.06. The van der Waals surface area contributed by atoms with E-state index in [-0.39, 0.29) is 11.9 Å². The molecule has 0 aliphatic carbocycles. The Balaban J connectivity index is 1.90. The van der Waals surface area contributed by atoms with Crippen LogP contribution in [-0.4, -0.2) is 43.0 Å². The standard InChI is InChI=1S/C14H21N3O/c15-7-4-8-17-10-13(16-14(18)11-17)9-12-5-2-1-3-6-12/h1-3,5-6,13H,4,7-11,15H2,(H,16,18). The zero-order valence-corrected chi connectivity index (χ0v) is 10.6. The van der Waals surface area contributed by atoms with Crippen LogP contribution in [0.4, 0.5) is 0 Å². The minimum Gasteiger partial charge on any atom is -0.351 e. The van der Waals surface area contributed by atoms with Gasteiger partial charge in [-0.25, -0.2) is 0 Å². The molecule has 4 heteroatoms. The van der Waals surface area contributed by atoms with Gasteiger partial charge in [-0.1, -0.05) is 30.3 Å². The van der Waals surface area contributed by atoms with Crippen molar-refractivity contribution in [2.45, 2.75) is 18.9 Å². The van der Waals surface area contributed by atoms with Gasteiger partial charge in [0.15, 0.2) is 0 Å². The average Bonchev–Trinajstić information content (AvgIpc) is 2.37. The first-order valence-electron chi connectivity index (χ1n) is 6.53. The summed E-state index contributed by atoms with van der Waals surface area (Å²) >= 11 is 0. The molecule has 0 bridgehead atoms. The fourth-order valence-electron chi connectivity index (χ4n) is 2.40. The first-order chi connectivity index (χ1) is 8.78. The molecular formula is C14H21N3O. The largest absolute Gasteiger partial charge is 0.351 e. The third-order valence-corrected chi connectivity index (χ3v) is 3.21. The number of rotatable bonds is 5. The number of piperazine rings is 1. The maximum atomic E-state index is 11.7. The van der Waals surface area contributed by atoms with Crippen LogP contribution in [0.15, 0.2) is 30.3 Å². The molecule has 4 nitrogen and oxygen atoms in total. The summed E-state index contributed by atoms with van der Waals surface area (Å²) in [6.07, 6.45) is 1.84. The van der Waals surface area contributed by atoms with Crippen LogP contribution in [-0.2, 0) is 11.2 Å². The summed E-state index contributed by atoms with van der Waals surface area (Å²) in [5.41, 5.74) is 6.78. The summed E-state index contributed by atoms with van der Waals surface area (Å²) in [6.45, 7) is 3.02. The van der Waals surface area contributed by atoms with Crippen LogP contribution < -0.4 is 11.1 Å². The van der Waals surface area contributed by atoms with Crippen molar-refractivity contribution in [3.63, 3.8) is 0 Å². The van der Waals surface area contributed by atoms with Gasteiger partial charge >= 0.3 is 0 Å². The lowest BCUT2D eigenvalue weighted by atomic mass is 10.0. The third kappa shape index (κ3) is 3.82. The van der Waals surface area contributed by atoms with E-state index in [9.17, 15) is 4.79 Å². The molecule has 1 aromatic carbocycles. The van der Waals surface area contributed by atoms with Crippen molar-refractivity contribution >= 4 is 5.91 Å². The highest BCUT2D eigenvalue weighted by Crippen LogP contribution is 2.08. The molecule has 3 N–H and O–H groups in total. The minimum atomic E-state index is 0.124. The average molecular weight is 247 g/mol.